The van der Waals surface area contributed by atoms with Gasteiger partial charge < -0.3 is 9.47 Å². The molecular weight excluding hydrogens is 164 g/mol. The Morgan fingerprint density at radius 2 is 1.69 bits per heavy atom. The van der Waals surface area contributed by atoms with E-state index in [0.717, 1.165) is 6.42 Å². The van der Waals surface area contributed by atoms with Gasteiger partial charge >= 0.3 is 0 Å². The number of ether oxygens (including phenoxy) is 2. The molecule has 0 aromatic rings. The van der Waals surface area contributed by atoms with Gasteiger partial charge in [0.1, 0.15) is 0 Å². The molecular formula is C11H22O2. The summed E-state index contributed by atoms with van der Waals surface area (Å²) >= 11 is 0. The van der Waals surface area contributed by atoms with Gasteiger partial charge in [0.2, 0.25) is 0 Å². The van der Waals surface area contributed by atoms with Crippen LogP contribution < -0.4 is 0 Å². The van der Waals surface area contributed by atoms with E-state index in [1.807, 2.05) is 0 Å². The summed E-state index contributed by atoms with van der Waals surface area (Å²) in [5.41, 5.74) is 0. The van der Waals surface area contributed by atoms with Crippen molar-refractivity contribution >= 4 is 0 Å². The van der Waals surface area contributed by atoms with Crippen LogP contribution in [0.4, 0.5) is 0 Å². The molecule has 1 heterocycles. The molecule has 1 aliphatic rings. The van der Waals surface area contributed by atoms with Gasteiger partial charge in [0.25, 0.3) is 0 Å². The molecule has 78 valence electrons. The molecule has 0 aliphatic carbocycles. The van der Waals surface area contributed by atoms with Crippen LogP contribution in [-0.4, -0.2) is 19.5 Å². The molecule has 1 saturated heterocycles. The van der Waals surface area contributed by atoms with Crippen LogP contribution in [0.5, 0.6) is 0 Å². The van der Waals surface area contributed by atoms with Crippen molar-refractivity contribution in [3.63, 3.8) is 0 Å². The highest BCUT2D eigenvalue weighted by atomic mass is 16.7. The summed E-state index contributed by atoms with van der Waals surface area (Å²) in [5, 5.41) is 0. The first kappa shape index (κ1) is 11.0. The van der Waals surface area contributed by atoms with Gasteiger partial charge in [-0.05, 0) is 18.3 Å². The van der Waals surface area contributed by atoms with Crippen LogP contribution in [0, 0.1) is 17.8 Å². The van der Waals surface area contributed by atoms with Crippen molar-refractivity contribution in [2.45, 2.75) is 46.5 Å². The molecule has 13 heavy (non-hydrogen) atoms. The third-order valence-corrected chi connectivity index (χ3v) is 3.62. The first-order valence-electron chi connectivity index (χ1n) is 5.30. The van der Waals surface area contributed by atoms with Crippen LogP contribution in [0.25, 0.3) is 0 Å². The monoisotopic (exact) mass is 186 g/mol. The molecule has 1 fully saturated rings. The third-order valence-electron chi connectivity index (χ3n) is 3.62. The fourth-order valence-electron chi connectivity index (χ4n) is 2.22. The van der Waals surface area contributed by atoms with Gasteiger partial charge in [0.05, 0.1) is 6.10 Å². The van der Waals surface area contributed by atoms with E-state index >= 15 is 0 Å². The van der Waals surface area contributed by atoms with E-state index in [4.69, 9.17) is 9.47 Å². The maximum absolute atomic E-state index is 5.86. The zero-order valence-corrected chi connectivity index (χ0v) is 9.41. The van der Waals surface area contributed by atoms with Crippen LogP contribution >= 0.6 is 0 Å². The van der Waals surface area contributed by atoms with Crippen LogP contribution in [-0.2, 0) is 9.47 Å². The lowest BCUT2D eigenvalue weighted by atomic mass is 9.78. The van der Waals surface area contributed by atoms with Crippen molar-refractivity contribution in [1.29, 1.82) is 0 Å². The van der Waals surface area contributed by atoms with Gasteiger partial charge in [-0.1, -0.05) is 27.7 Å². The summed E-state index contributed by atoms with van der Waals surface area (Å²) in [7, 11) is 1.73. The SMILES string of the molecule is CCC1O[C@@H](OC)[C@H](C)C(C)[C@H]1C. The van der Waals surface area contributed by atoms with E-state index in [2.05, 4.69) is 27.7 Å². The van der Waals surface area contributed by atoms with E-state index in [1.165, 1.54) is 0 Å². The van der Waals surface area contributed by atoms with Crippen molar-refractivity contribution in [3.8, 4) is 0 Å². The molecule has 0 N–H and O–H groups in total. The summed E-state index contributed by atoms with van der Waals surface area (Å²) in [6.07, 6.45) is 1.45. The minimum Gasteiger partial charge on any atom is -0.356 e. The second kappa shape index (κ2) is 4.43. The predicted molar refractivity (Wildman–Crippen MR) is 53.5 cm³/mol. The van der Waals surface area contributed by atoms with E-state index in [9.17, 15) is 0 Å². The molecule has 0 spiro atoms. The maximum Gasteiger partial charge on any atom is 0.160 e. The Balaban J connectivity index is 2.66. The fraction of sp³-hybridized carbons (Fsp3) is 1.00. The quantitative estimate of drug-likeness (QED) is 0.660. The number of methoxy groups -OCH3 is 1. The Morgan fingerprint density at radius 1 is 1.08 bits per heavy atom. The van der Waals surface area contributed by atoms with E-state index < -0.39 is 0 Å². The highest BCUT2D eigenvalue weighted by molar-refractivity contribution is 4.81. The standard InChI is InChI=1S/C11H22O2/c1-6-10-8(3)7(2)9(4)11(12-5)13-10/h7-11H,6H2,1-5H3/t7?,8-,9-,10?,11-/m1/s1. The first-order chi connectivity index (χ1) is 6.11. The Bertz CT molecular complexity index is 138. The summed E-state index contributed by atoms with van der Waals surface area (Å²) in [6, 6.07) is 0. The third kappa shape index (κ3) is 2.05. The van der Waals surface area contributed by atoms with Gasteiger partial charge in [-0.3, -0.25) is 0 Å². The molecule has 0 amide bonds. The molecule has 0 bridgehead atoms. The van der Waals surface area contributed by atoms with Gasteiger partial charge in [-0.15, -0.1) is 0 Å². The zero-order valence-electron chi connectivity index (χ0n) is 9.41. The maximum atomic E-state index is 5.86. The molecule has 2 unspecified atom stereocenters. The topological polar surface area (TPSA) is 18.5 Å². The fourth-order valence-corrected chi connectivity index (χ4v) is 2.22. The van der Waals surface area contributed by atoms with E-state index in [1.54, 1.807) is 7.11 Å². The molecule has 1 aliphatic heterocycles. The molecule has 5 atom stereocenters. The molecule has 0 saturated carbocycles. The Hall–Kier alpha value is -0.0800. The van der Waals surface area contributed by atoms with Crippen LogP contribution in [0.3, 0.4) is 0 Å². The molecule has 1 rings (SSSR count). The lowest BCUT2D eigenvalue weighted by molar-refractivity contribution is -0.237. The lowest BCUT2D eigenvalue weighted by Gasteiger charge is -2.42. The van der Waals surface area contributed by atoms with Gasteiger partial charge in [-0.25, -0.2) is 0 Å². The van der Waals surface area contributed by atoms with Crippen molar-refractivity contribution in [3.05, 3.63) is 0 Å². The number of hydrogen-bond donors (Lipinski definition) is 0. The molecule has 0 radical (unpaired) electrons. The van der Waals surface area contributed by atoms with Gasteiger partial charge in [0.15, 0.2) is 6.29 Å². The van der Waals surface area contributed by atoms with Crippen LogP contribution in [0.2, 0.25) is 0 Å². The van der Waals surface area contributed by atoms with Gasteiger partial charge in [0, 0.05) is 13.0 Å². The first-order valence-corrected chi connectivity index (χ1v) is 5.30. The highest BCUT2D eigenvalue weighted by Crippen LogP contribution is 2.36. The molecule has 0 aromatic carbocycles. The predicted octanol–water partition coefficient (Wildman–Crippen LogP) is 2.68. The Morgan fingerprint density at radius 3 is 2.15 bits per heavy atom. The average Bonchev–Trinajstić information content (AvgIpc) is 2.15. The van der Waals surface area contributed by atoms with Crippen LogP contribution in [0.15, 0.2) is 0 Å². The van der Waals surface area contributed by atoms with E-state index in [0.29, 0.717) is 23.9 Å². The number of hydrogen-bond acceptors (Lipinski definition) is 2. The molecule has 0 aromatic heterocycles. The Labute approximate surface area is 81.6 Å². The van der Waals surface area contributed by atoms with Crippen molar-refractivity contribution in [1.82, 2.24) is 0 Å². The van der Waals surface area contributed by atoms with Crippen molar-refractivity contribution < 1.29 is 9.47 Å². The molecule has 2 heteroatoms. The minimum atomic E-state index is -0.00356. The summed E-state index contributed by atoms with van der Waals surface area (Å²) in [4.78, 5) is 0. The minimum absolute atomic E-state index is 0.00356. The number of rotatable bonds is 2. The second-order valence-corrected chi connectivity index (χ2v) is 4.26. The van der Waals surface area contributed by atoms with Crippen molar-refractivity contribution in [2.75, 3.05) is 7.11 Å². The summed E-state index contributed by atoms with van der Waals surface area (Å²) in [5.74, 6) is 1.83. The van der Waals surface area contributed by atoms with Crippen molar-refractivity contribution in [2.24, 2.45) is 17.8 Å². The average molecular weight is 186 g/mol. The molecule has 2 nitrogen and oxygen atoms in total. The van der Waals surface area contributed by atoms with Crippen LogP contribution in [0.1, 0.15) is 34.1 Å². The van der Waals surface area contributed by atoms with E-state index in [-0.39, 0.29) is 6.29 Å². The van der Waals surface area contributed by atoms with Gasteiger partial charge in [-0.2, -0.15) is 0 Å². The normalized spacial score (nSPS) is 46.4. The second-order valence-electron chi connectivity index (χ2n) is 4.26. The zero-order chi connectivity index (χ0) is 10.0. The lowest BCUT2D eigenvalue weighted by Crippen LogP contribution is -2.45. The summed E-state index contributed by atoms with van der Waals surface area (Å²) in [6.45, 7) is 8.96. The smallest absolute Gasteiger partial charge is 0.160 e. The summed E-state index contributed by atoms with van der Waals surface area (Å²) < 4.78 is 11.2. The largest absolute Gasteiger partial charge is 0.356 e. The highest BCUT2D eigenvalue weighted by Gasteiger charge is 2.38. The Kier molecular flexibility index (Phi) is 3.74.